The predicted octanol–water partition coefficient (Wildman–Crippen LogP) is 3.63. The highest BCUT2D eigenvalue weighted by molar-refractivity contribution is 6.07. The fourth-order valence-electron chi connectivity index (χ4n) is 2.36. The average Bonchev–Trinajstić information content (AvgIpc) is 2.86. The van der Waals surface area contributed by atoms with Crippen molar-refractivity contribution in [1.82, 2.24) is 4.98 Å². The fourth-order valence-corrected chi connectivity index (χ4v) is 2.36. The lowest BCUT2D eigenvalue weighted by Crippen LogP contribution is -2.01. The van der Waals surface area contributed by atoms with Gasteiger partial charge < -0.3 is 9.72 Å². The number of rotatable bonds is 2. The predicted molar refractivity (Wildman–Crippen MR) is 83.9 cm³/mol. The molecular formula is C18H15NO2. The number of aromatic amines is 1. The molecule has 0 fully saturated rings. The van der Waals surface area contributed by atoms with Gasteiger partial charge in [-0.05, 0) is 31.2 Å². The van der Waals surface area contributed by atoms with Crippen molar-refractivity contribution in [2.45, 2.75) is 13.3 Å². The Kier molecular flexibility index (Phi) is 3.61. The van der Waals surface area contributed by atoms with Crippen LogP contribution in [0.1, 0.15) is 18.9 Å². The monoisotopic (exact) mass is 277 g/mol. The number of H-pyrrole nitrogens is 1. The van der Waals surface area contributed by atoms with Gasteiger partial charge in [0.25, 0.3) is 0 Å². The molecule has 0 bridgehead atoms. The summed E-state index contributed by atoms with van der Waals surface area (Å²) in [4.78, 5) is 14.6. The number of carbonyl (C=O) groups excluding carboxylic acids is 1. The smallest absolute Gasteiger partial charge is 0.317 e. The molecule has 1 N–H and O–H groups in total. The van der Waals surface area contributed by atoms with E-state index in [1.54, 1.807) is 6.92 Å². The van der Waals surface area contributed by atoms with E-state index in [-0.39, 0.29) is 12.4 Å². The number of aromatic nitrogens is 1. The van der Waals surface area contributed by atoms with Gasteiger partial charge in [-0.3, -0.25) is 4.79 Å². The Morgan fingerprint density at radius 1 is 1.14 bits per heavy atom. The van der Waals surface area contributed by atoms with Gasteiger partial charge in [-0.15, -0.1) is 0 Å². The molecule has 0 amide bonds. The van der Waals surface area contributed by atoms with Crippen molar-refractivity contribution in [3.63, 3.8) is 0 Å². The van der Waals surface area contributed by atoms with Gasteiger partial charge in [0.15, 0.2) is 0 Å². The summed E-state index contributed by atoms with van der Waals surface area (Å²) in [7, 11) is 0. The molecule has 3 aromatic rings. The Hall–Kier alpha value is -2.73. The molecule has 0 aliphatic carbocycles. The molecule has 1 heterocycles. The number of fused-ring (bicyclic) bond motifs is 3. The van der Waals surface area contributed by atoms with Crippen LogP contribution in [0.3, 0.4) is 0 Å². The lowest BCUT2D eigenvalue weighted by atomic mass is 10.1. The van der Waals surface area contributed by atoms with Crippen LogP contribution in [0, 0.1) is 11.8 Å². The standard InChI is InChI=1S/C18H15NO2/c1-2-21-18(20)9-5-6-13-10-11-17-15(12-13)14-7-3-4-8-16(14)19-17/h3-4,7-8,10-12,19H,2,9H2,1H3. The van der Waals surface area contributed by atoms with Crippen LogP contribution in [0.4, 0.5) is 0 Å². The molecule has 2 aromatic carbocycles. The van der Waals surface area contributed by atoms with Crippen LogP contribution < -0.4 is 0 Å². The summed E-state index contributed by atoms with van der Waals surface area (Å²) >= 11 is 0. The van der Waals surface area contributed by atoms with Crippen molar-refractivity contribution in [3.8, 4) is 11.8 Å². The zero-order valence-electron chi connectivity index (χ0n) is 11.8. The van der Waals surface area contributed by atoms with Crippen molar-refractivity contribution >= 4 is 27.8 Å². The molecule has 1 aromatic heterocycles. The Morgan fingerprint density at radius 2 is 1.95 bits per heavy atom. The van der Waals surface area contributed by atoms with Crippen LogP contribution in [0.2, 0.25) is 0 Å². The minimum atomic E-state index is -0.279. The van der Waals surface area contributed by atoms with E-state index in [0.29, 0.717) is 6.61 Å². The summed E-state index contributed by atoms with van der Waals surface area (Å²) in [5.41, 5.74) is 3.10. The van der Waals surface area contributed by atoms with E-state index < -0.39 is 0 Å². The minimum Gasteiger partial charge on any atom is -0.465 e. The van der Waals surface area contributed by atoms with Gasteiger partial charge in [0, 0.05) is 27.4 Å². The first-order chi connectivity index (χ1) is 10.3. The summed E-state index contributed by atoms with van der Waals surface area (Å²) < 4.78 is 4.85. The minimum absolute atomic E-state index is 0.125. The van der Waals surface area contributed by atoms with Crippen molar-refractivity contribution in [1.29, 1.82) is 0 Å². The molecule has 0 atom stereocenters. The first-order valence-corrected chi connectivity index (χ1v) is 6.93. The summed E-state index contributed by atoms with van der Waals surface area (Å²) in [6, 6.07) is 14.2. The van der Waals surface area contributed by atoms with Gasteiger partial charge in [0.05, 0.1) is 6.61 Å². The van der Waals surface area contributed by atoms with Crippen LogP contribution in [0.15, 0.2) is 42.5 Å². The Bertz CT molecular complexity index is 865. The Morgan fingerprint density at radius 3 is 2.81 bits per heavy atom. The number of hydrogen-bond acceptors (Lipinski definition) is 2. The molecule has 0 aliphatic rings. The highest BCUT2D eigenvalue weighted by atomic mass is 16.5. The highest BCUT2D eigenvalue weighted by Gasteiger charge is 2.03. The summed E-state index contributed by atoms with van der Waals surface area (Å²) in [6.07, 6.45) is 0.125. The first kappa shape index (κ1) is 13.3. The van der Waals surface area contributed by atoms with Crippen LogP contribution in [0.25, 0.3) is 21.8 Å². The van der Waals surface area contributed by atoms with Gasteiger partial charge in [-0.1, -0.05) is 30.0 Å². The molecule has 0 unspecified atom stereocenters. The normalized spacial score (nSPS) is 10.3. The van der Waals surface area contributed by atoms with Crippen LogP contribution >= 0.6 is 0 Å². The molecule has 3 nitrogen and oxygen atoms in total. The molecule has 3 heteroatoms. The van der Waals surface area contributed by atoms with E-state index in [4.69, 9.17) is 4.74 Å². The van der Waals surface area contributed by atoms with Gasteiger partial charge in [0.2, 0.25) is 0 Å². The van der Waals surface area contributed by atoms with Gasteiger partial charge >= 0.3 is 5.97 Å². The third kappa shape index (κ3) is 2.75. The maximum atomic E-state index is 11.2. The van der Waals surface area contributed by atoms with E-state index in [1.165, 1.54) is 5.39 Å². The first-order valence-electron chi connectivity index (χ1n) is 6.93. The lowest BCUT2D eigenvalue weighted by molar-refractivity contribution is -0.141. The van der Waals surface area contributed by atoms with Crippen molar-refractivity contribution in [2.75, 3.05) is 6.61 Å². The molecule has 0 saturated carbocycles. The lowest BCUT2D eigenvalue weighted by Gasteiger charge is -1.95. The number of nitrogens with one attached hydrogen (secondary N) is 1. The van der Waals surface area contributed by atoms with Crippen molar-refractivity contribution in [2.24, 2.45) is 0 Å². The third-order valence-corrected chi connectivity index (χ3v) is 3.28. The van der Waals surface area contributed by atoms with E-state index >= 15 is 0 Å². The fraction of sp³-hybridized carbons (Fsp3) is 0.167. The number of benzene rings is 2. The van der Waals surface area contributed by atoms with Crippen molar-refractivity contribution in [3.05, 3.63) is 48.0 Å². The van der Waals surface area contributed by atoms with E-state index in [9.17, 15) is 4.79 Å². The largest absolute Gasteiger partial charge is 0.465 e. The molecular weight excluding hydrogens is 262 g/mol. The molecule has 3 rings (SSSR count). The second-order valence-corrected chi connectivity index (χ2v) is 4.71. The van der Waals surface area contributed by atoms with Gasteiger partial charge in [-0.2, -0.15) is 0 Å². The van der Waals surface area contributed by atoms with Gasteiger partial charge in [0.1, 0.15) is 6.42 Å². The molecule has 0 saturated heterocycles. The topological polar surface area (TPSA) is 42.1 Å². The maximum Gasteiger partial charge on any atom is 0.317 e. The number of ether oxygens (including phenoxy) is 1. The Balaban J connectivity index is 1.92. The molecule has 104 valence electrons. The van der Waals surface area contributed by atoms with Crippen LogP contribution in [0.5, 0.6) is 0 Å². The average molecular weight is 277 g/mol. The summed E-state index contributed by atoms with van der Waals surface area (Å²) in [5, 5.41) is 2.33. The van der Waals surface area contributed by atoms with Crippen LogP contribution in [-0.2, 0) is 9.53 Å². The molecule has 0 spiro atoms. The van der Waals surface area contributed by atoms with Gasteiger partial charge in [-0.25, -0.2) is 0 Å². The second kappa shape index (κ2) is 5.72. The maximum absolute atomic E-state index is 11.2. The third-order valence-electron chi connectivity index (χ3n) is 3.28. The highest BCUT2D eigenvalue weighted by Crippen LogP contribution is 2.25. The number of hydrogen-bond donors (Lipinski definition) is 1. The van der Waals surface area contributed by atoms with E-state index in [2.05, 4.69) is 29.0 Å². The van der Waals surface area contributed by atoms with Crippen molar-refractivity contribution < 1.29 is 9.53 Å². The SMILES string of the molecule is CCOC(=O)CC#Cc1ccc2[nH]c3ccccc3c2c1. The number of para-hydroxylation sites is 1. The number of esters is 1. The zero-order valence-corrected chi connectivity index (χ0v) is 11.8. The zero-order chi connectivity index (χ0) is 14.7. The van der Waals surface area contributed by atoms with E-state index in [0.717, 1.165) is 22.0 Å². The molecule has 0 aliphatic heterocycles. The second-order valence-electron chi connectivity index (χ2n) is 4.71. The molecule has 0 radical (unpaired) electrons. The summed E-state index contributed by atoms with van der Waals surface area (Å²) in [5.74, 6) is 5.59. The number of carbonyl (C=O) groups is 1. The molecule has 21 heavy (non-hydrogen) atoms. The van der Waals surface area contributed by atoms with Crippen LogP contribution in [-0.4, -0.2) is 17.6 Å². The van der Waals surface area contributed by atoms with E-state index in [1.807, 2.05) is 30.3 Å². The quantitative estimate of drug-likeness (QED) is 0.574. The summed E-state index contributed by atoms with van der Waals surface area (Å²) in [6.45, 7) is 2.18. The Labute approximate surface area is 122 Å².